The average molecular weight is 461 g/mol. The van der Waals surface area contributed by atoms with E-state index < -0.39 is 11.7 Å². The second-order valence-corrected chi connectivity index (χ2v) is 10.4. The van der Waals surface area contributed by atoms with Crippen LogP contribution in [0.3, 0.4) is 0 Å². The maximum absolute atomic E-state index is 13.4. The fraction of sp³-hybridized carbons (Fsp3) is 0.444. The predicted molar refractivity (Wildman–Crippen MR) is 132 cm³/mol. The summed E-state index contributed by atoms with van der Waals surface area (Å²) >= 11 is 0. The molecule has 0 bridgehead atoms. The first kappa shape index (κ1) is 22.6. The second-order valence-electron chi connectivity index (χ2n) is 10.4. The number of nitrogens with one attached hydrogen (secondary N) is 1. The summed E-state index contributed by atoms with van der Waals surface area (Å²) in [6, 6.07) is 10.1. The highest BCUT2D eigenvalue weighted by Crippen LogP contribution is 2.34. The highest BCUT2D eigenvalue weighted by molar-refractivity contribution is 6.06. The number of amides is 1. The number of hydrogen-bond donors (Lipinski definition) is 1. The molecule has 1 fully saturated rings. The van der Waals surface area contributed by atoms with Crippen LogP contribution in [0.2, 0.25) is 0 Å². The minimum absolute atomic E-state index is 0.163. The van der Waals surface area contributed by atoms with Gasteiger partial charge in [0.15, 0.2) is 0 Å². The Morgan fingerprint density at radius 1 is 1.12 bits per heavy atom. The van der Waals surface area contributed by atoms with Gasteiger partial charge in [-0.05, 0) is 89.0 Å². The first-order valence-electron chi connectivity index (χ1n) is 12.1. The monoisotopic (exact) mass is 460 g/mol. The molecule has 5 rings (SSSR count). The fourth-order valence-corrected chi connectivity index (χ4v) is 5.00. The lowest BCUT2D eigenvalue weighted by Gasteiger charge is -2.26. The van der Waals surface area contributed by atoms with Gasteiger partial charge in [-0.25, -0.2) is 9.36 Å². The van der Waals surface area contributed by atoms with E-state index in [1.54, 1.807) is 4.57 Å². The molecule has 1 amide bonds. The zero-order valence-corrected chi connectivity index (χ0v) is 20.4. The third-order valence-electron chi connectivity index (χ3n) is 6.44. The third kappa shape index (κ3) is 4.32. The number of fused-ring (bicyclic) bond motifs is 2. The molecule has 0 unspecified atom stereocenters. The molecule has 0 radical (unpaired) electrons. The Balaban J connectivity index is 1.65. The van der Waals surface area contributed by atoms with Crippen molar-refractivity contribution >= 4 is 22.9 Å². The van der Waals surface area contributed by atoms with Crippen molar-refractivity contribution < 1.29 is 14.3 Å². The first-order chi connectivity index (χ1) is 16.2. The number of piperidine rings is 1. The Morgan fingerprint density at radius 2 is 1.88 bits per heavy atom. The Morgan fingerprint density at radius 3 is 2.62 bits per heavy atom. The van der Waals surface area contributed by atoms with Crippen molar-refractivity contribution in [1.82, 2.24) is 19.8 Å². The molecule has 1 N–H and O–H groups in total. The number of carbonyl (C=O) groups is 2. The number of aromatic nitrogens is 2. The van der Waals surface area contributed by atoms with Gasteiger partial charge >= 0.3 is 6.09 Å². The molecule has 7 heteroatoms. The predicted octanol–water partition coefficient (Wildman–Crippen LogP) is 5.02. The molecule has 178 valence electrons. The van der Waals surface area contributed by atoms with Crippen LogP contribution in [-0.2, 0) is 17.8 Å². The molecule has 0 atom stereocenters. The quantitative estimate of drug-likeness (QED) is 0.594. The van der Waals surface area contributed by atoms with Gasteiger partial charge in [-0.2, -0.15) is 0 Å². The zero-order chi connectivity index (χ0) is 24.0. The largest absolute Gasteiger partial charge is 0.443 e. The maximum Gasteiger partial charge on any atom is 0.419 e. The van der Waals surface area contributed by atoms with Crippen LogP contribution in [0.1, 0.15) is 67.2 Å². The molecule has 1 saturated heterocycles. The summed E-state index contributed by atoms with van der Waals surface area (Å²) in [4.78, 5) is 33.3. The Hall–Kier alpha value is -3.19. The Bertz CT molecular complexity index is 1280. The summed E-state index contributed by atoms with van der Waals surface area (Å²) in [7, 11) is 0. The van der Waals surface area contributed by atoms with E-state index in [2.05, 4.69) is 22.3 Å². The lowest BCUT2D eigenvalue weighted by Crippen LogP contribution is -2.29. The van der Waals surface area contributed by atoms with E-state index >= 15 is 0 Å². The first-order valence-corrected chi connectivity index (χ1v) is 12.1. The van der Waals surface area contributed by atoms with E-state index in [0.29, 0.717) is 23.5 Å². The van der Waals surface area contributed by atoms with E-state index in [0.717, 1.165) is 41.8 Å². The van der Waals surface area contributed by atoms with Crippen LogP contribution < -0.4 is 5.32 Å². The molecule has 2 aliphatic heterocycles. The van der Waals surface area contributed by atoms with Crippen molar-refractivity contribution in [2.45, 2.75) is 65.6 Å². The van der Waals surface area contributed by atoms with Crippen LogP contribution in [0.25, 0.3) is 22.3 Å². The number of carbonyl (C=O) groups excluding carboxylic acids is 2. The molecular weight excluding hydrogens is 428 g/mol. The van der Waals surface area contributed by atoms with Gasteiger partial charge in [-0.15, -0.1) is 0 Å². The topological polar surface area (TPSA) is 76.5 Å². The number of pyridine rings is 1. The molecular formula is C27H32N4O3. The summed E-state index contributed by atoms with van der Waals surface area (Å²) < 4.78 is 7.34. The molecule has 0 spiro atoms. The Labute approximate surface area is 200 Å². The average Bonchev–Trinajstić information content (AvgIpc) is 3.33. The van der Waals surface area contributed by atoms with Crippen molar-refractivity contribution in [1.29, 1.82) is 0 Å². The van der Waals surface area contributed by atoms with Gasteiger partial charge in [0.05, 0.1) is 16.8 Å². The zero-order valence-electron chi connectivity index (χ0n) is 20.4. The fourth-order valence-electron chi connectivity index (χ4n) is 5.00. The Kier molecular flexibility index (Phi) is 5.68. The SMILES string of the molecule is Cc1cc2c(c(-c3cc4cc(CN5CCCCC5)ccc4n3C(=O)OC(C)(C)C)n1)C(=O)NC2. The summed E-state index contributed by atoms with van der Waals surface area (Å²) in [5.41, 5.74) is 4.65. The number of ether oxygens (including phenoxy) is 1. The van der Waals surface area contributed by atoms with E-state index in [9.17, 15) is 9.59 Å². The summed E-state index contributed by atoms with van der Waals surface area (Å²) in [5, 5.41) is 3.82. The number of rotatable bonds is 3. The van der Waals surface area contributed by atoms with E-state index in [1.165, 1.54) is 24.8 Å². The number of nitrogens with zero attached hydrogens (tertiary/aromatic N) is 3. The molecule has 0 saturated carbocycles. The van der Waals surface area contributed by atoms with Crippen molar-refractivity contribution in [2.24, 2.45) is 0 Å². The van der Waals surface area contributed by atoms with Crippen LogP contribution >= 0.6 is 0 Å². The molecule has 2 aliphatic rings. The second kappa shape index (κ2) is 8.55. The lowest BCUT2D eigenvalue weighted by molar-refractivity contribution is 0.0546. The van der Waals surface area contributed by atoms with Gasteiger partial charge in [-0.3, -0.25) is 14.7 Å². The van der Waals surface area contributed by atoms with Crippen LogP contribution in [0.5, 0.6) is 0 Å². The molecule has 1 aromatic carbocycles. The summed E-state index contributed by atoms with van der Waals surface area (Å²) in [6.07, 6.45) is 3.32. The number of likely N-dealkylation sites (tertiary alicyclic amines) is 1. The maximum atomic E-state index is 13.4. The van der Waals surface area contributed by atoms with Gasteiger partial charge in [0.1, 0.15) is 11.3 Å². The third-order valence-corrected chi connectivity index (χ3v) is 6.44. The van der Waals surface area contributed by atoms with E-state index in [4.69, 9.17) is 9.72 Å². The molecule has 34 heavy (non-hydrogen) atoms. The molecule has 2 aromatic heterocycles. The highest BCUT2D eigenvalue weighted by atomic mass is 16.6. The summed E-state index contributed by atoms with van der Waals surface area (Å²) in [6.45, 7) is 11.1. The molecule has 3 aromatic rings. The van der Waals surface area contributed by atoms with Crippen LogP contribution in [0.15, 0.2) is 30.3 Å². The van der Waals surface area contributed by atoms with Gasteiger partial charge < -0.3 is 10.1 Å². The van der Waals surface area contributed by atoms with Gasteiger partial charge in [0.2, 0.25) is 0 Å². The van der Waals surface area contributed by atoms with E-state index in [-0.39, 0.29) is 5.91 Å². The number of benzene rings is 1. The molecule has 7 nitrogen and oxygen atoms in total. The summed E-state index contributed by atoms with van der Waals surface area (Å²) in [5.74, 6) is -0.163. The van der Waals surface area contributed by atoms with Crippen LogP contribution in [0, 0.1) is 6.92 Å². The number of aryl methyl sites for hydroxylation is 1. The lowest BCUT2D eigenvalue weighted by atomic mass is 10.0. The van der Waals surface area contributed by atoms with Crippen molar-refractivity contribution in [2.75, 3.05) is 13.1 Å². The van der Waals surface area contributed by atoms with Crippen LogP contribution in [0.4, 0.5) is 4.79 Å². The smallest absolute Gasteiger partial charge is 0.419 e. The van der Waals surface area contributed by atoms with Gasteiger partial charge in [0, 0.05) is 24.2 Å². The highest BCUT2D eigenvalue weighted by Gasteiger charge is 2.30. The van der Waals surface area contributed by atoms with Crippen LogP contribution in [-0.4, -0.2) is 45.1 Å². The molecule has 0 aliphatic carbocycles. The van der Waals surface area contributed by atoms with E-state index in [1.807, 2.05) is 45.9 Å². The molecule has 4 heterocycles. The normalized spacial score (nSPS) is 16.5. The number of hydrogen-bond acceptors (Lipinski definition) is 5. The van der Waals surface area contributed by atoms with Gasteiger partial charge in [0.25, 0.3) is 5.91 Å². The minimum atomic E-state index is -0.654. The van der Waals surface area contributed by atoms with Crippen molar-refractivity contribution in [3.05, 3.63) is 52.7 Å². The van der Waals surface area contributed by atoms with Crippen molar-refractivity contribution in [3.8, 4) is 11.4 Å². The van der Waals surface area contributed by atoms with Crippen molar-refractivity contribution in [3.63, 3.8) is 0 Å². The standard InChI is InChI=1S/C27H32N4O3/c1-17-12-20-15-28-25(32)23(20)24(29-17)22-14-19-13-18(16-30-10-6-5-7-11-30)8-9-21(19)31(22)26(33)34-27(2,3)4/h8-9,12-14H,5-7,10-11,15-16H2,1-4H3,(H,28,32). The van der Waals surface area contributed by atoms with Gasteiger partial charge in [-0.1, -0.05) is 12.5 Å². The minimum Gasteiger partial charge on any atom is -0.443 e.